The first-order valence-electron chi connectivity index (χ1n) is 12.4. The highest BCUT2D eigenvalue weighted by Crippen LogP contribution is 2.53. The minimum Gasteiger partial charge on any atom is -0.369 e. The van der Waals surface area contributed by atoms with Crippen molar-refractivity contribution in [1.82, 2.24) is 14.9 Å². The fraction of sp³-hybridized carbons (Fsp3) is 0.556. The molecule has 1 aromatic heterocycles. The van der Waals surface area contributed by atoms with Gasteiger partial charge in [0.25, 0.3) is 5.56 Å². The van der Waals surface area contributed by atoms with Crippen molar-refractivity contribution in [3.8, 4) is 0 Å². The van der Waals surface area contributed by atoms with Crippen LogP contribution in [0.3, 0.4) is 0 Å². The number of aromatic nitrogens is 2. The molecule has 1 aliphatic heterocycles. The zero-order valence-electron chi connectivity index (χ0n) is 19.4. The van der Waals surface area contributed by atoms with Crippen LogP contribution in [0, 0.1) is 19.3 Å². The Morgan fingerprint density at radius 3 is 2.66 bits per heavy atom. The van der Waals surface area contributed by atoms with Gasteiger partial charge in [0.15, 0.2) is 0 Å². The van der Waals surface area contributed by atoms with Crippen molar-refractivity contribution in [1.29, 1.82) is 0 Å². The lowest BCUT2D eigenvalue weighted by Crippen LogP contribution is -2.49. The van der Waals surface area contributed by atoms with Crippen molar-refractivity contribution >= 4 is 11.3 Å². The zero-order valence-corrected chi connectivity index (χ0v) is 19.4. The topological polar surface area (TPSA) is 52.2 Å². The van der Waals surface area contributed by atoms with E-state index >= 15 is 0 Å². The Hall–Kier alpha value is -2.40. The molecule has 4 aliphatic rings. The molecule has 1 saturated heterocycles. The molecule has 6 rings (SSSR count). The first-order chi connectivity index (χ1) is 15.5. The van der Waals surface area contributed by atoms with Gasteiger partial charge in [-0.05, 0) is 87.0 Å². The molecular weight excluding hydrogens is 396 g/mol. The van der Waals surface area contributed by atoms with Crippen LogP contribution in [0.15, 0.2) is 29.1 Å². The van der Waals surface area contributed by atoms with E-state index in [1.165, 1.54) is 41.6 Å². The highest BCUT2D eigenvalue weighted by molar-refractivity contribution is 5.63. The Morgan fingerprint density at radius 2 is 1.88 bits per heavy atom. The quantitative estimate of drug-likeness (QED) is 0.799. The molecule has 168 valence electrons. The average Bonchev–Trinajstić information content (AvgIpc) is 3.36. The van der Waals surface area contributed by atoms with Crippen molar-refractivity contribution in [3.05, 3.63) is 62.8 Å². The van der Waals surface area contributed by atoms with E-state index in [1.54, 1.807) is 0 Å². The van der Waals surface area contributed by atoms with E-state index < -0.39 is 0 Å². The van der Waals surface area contributed by atoms with Crippen LogP contribution in [0.2, 0.25) is 0 Å². The maximum atomic E-state index is 12.8. The fourth-order valence-electron chi connectivity index (χ4n) is 6.08. The van der Waals surface area contributed by atoms with Gasteiger partial charge in [-0.25, -0.2) is 4.98 Å². The van der Waals surface area contributed by atoms with Crippen molar-refractivity contribution in [2.24, 2.45) is 5.41 Å². The zero-order chi connectivity index (χ0) is 21.9. The second kappa shape index (κ2) is 7.58. The summed E-state index contributed by atoms with van der Waals surface area (Å²) in [5.74, 6) is 0.831. The maximum absolute atomic E-state index is 12.8. The summed E-state index contributed by atoms with van der Waals surface area (Å²) in [5.41, 5.74) is 7.90. The third-order valence-electron chi connectivity index (χ3n) is 8.40. The first-order valence-corrected chi connectivity index (χ1v) is 12.4. The number of allylic oxidation sites excluding steroid dienone is 1. The highest BCUT2D eigenvalue weighted by atomic mass is 16.1. The number of piperazine rings is 1. The predicted molar refractivity (Wildman–Crippen MR) is 129 cm³/mol. The van der Waals surface area contributed by atoms with E-state index in [9.17, 15) is 4.79 Å². The summed E-state index contributed by atoms with van der Waals surface area (Å²) in [4.78, 5) is 26.1. The number of hydrogen-bond acceptors (Lipinski definition) is 4. The van der Waals surface area contributed by atoms with Crippen LogP contribution in [-0.4, -0.2) is 47.1 Å². The van der Waals surface area contributed by atoms with Crippen molar-refractivity contribution in [2.45, 2.75) is 64.8 Å². The van der Waals surface area contributed by atoms with Gasteiger partial charge in [-0.1, -0.05) is 18.2 Å². The maximum Gasteiger partial charge on any atom is 0.254 e. The highest BCUT2D eigenvalue weighted by Gasteiger charge is 2.45. The summed E-state index contributed by atoms with van der Waals surface area (Å²) in [5, 5.41) is 0. The minimum atomic E-state index is 0.113. The summed E-state index contributed by atoms with van der Waals surface area (Å²) >= 11 is 0. The molecule has 3 aliphatic carbocycles. The number of benzene rings is 1. The molecule has 1 N–H and O–H groups in total. The standard InChI is InChI=1S/C27H34N4O/c1-18-3-4-19(2)24(15-18)31-13-11-30(12-14-31)21-6-5-20(16-21)25-28-23-7-8-27(9-10-27)17-22(23)26(32)29-25/h3-4,15-16,21H,5-14,17H2,1-2H3,(H,28,29,32)/t21-/m1/s1. The number of aryl methyl sites for hydroxylation is 3. The fourth-order valence-corrected chi connectivity index (χ4v) is 6.08. The number of aromatic amines is 1. The Balaban J connectivity index is 1.15. The summed E-state index contributed by atoms with van der Waals surface area (Å²) in [6.07, 6.45) is 10.2. The average molecular weight is 431 g/mol. The number of nitrogens with zero attached hydrogens (tertiary/aromatic N) is 3. The molecule has 5 heteroatoms. The van der Waals surface area contributed by atoms with Gasteiger partial charge in [-0.15, -0.1) is 0 Å². The third kappa shape index (κ3) is 3.61. The third-order valence-corrected chi connectivity index (χ3v) is 8.40. The Bertz CT molecular complexity index is 1130. The van der Waals surface area contributed by atoms with Crippen molar-refractivity contribution in [2.75, 3.05) is 31.1 Å². The van der Waals surface area contributed by atoms with Crippen molar-refractivity contribution in [3.63, 3.8) is 0 Å². The van der Waals surface area contributed by atoms with Gasteiger partial charge in [-0.3, -0.25) is 9.69 Å². The van der Waals surface area contributed by atoms with E-state index in [0.717, 1.165) is 68.9 Å². The number of H-pyrrole nitrogens is 1. The Morgan fingerprint density at radius 1 is 1.06 bits per heavy atom. The van der Waals surface area contributed by atoms with E-state index in [2.05, 4.69) is 52.9 Å². The minimum absolute atomic E-state index is 0.113. The molecule has 2 heterocycles. The molecule has 1 spiro atoms. The van der Waals surface area contributed by atoms with Gasteiger partial charge >= 0.3 is 0 Å². The van der Waals surface area contributed by atoms with E-state index in [1.807, 2.05) is 0 Å². The van der Waals surface area contributed by atoms with Crippen LogP contribution in [0.4, 0.5) is 5.69 Å². The molecule has 32 heavy (non-hydrogen) atoms. The summed E-state index contributed by atoms with van der Waals surface area (Å²) < 4.78 is 0. The summed E-state index contributed by atoms with van der Waals surface area (Å²) in [6, 6.07) is 7.21. The van der Waals surface area contributed by atoms with Gasteiger partial charge in [-0.2, -0.15) is 0 Å². The monoisotopic (exact) mass is 430 g/mol. The molecular formula is C27H34N4O. The summed E-state index contributed by atoms with van der Waals surface area (Å²) in [6.45, 7) is 8.69. The lowest BCUT2D eigenvalue weighted by molar-refractivity contribution is 0.214. The second-order valence-electron chi connectivity index (χ2n) is 10.6. The Kier molecular flexibility index (Phi) is 4.79. The molecule has 1 aromatic carbocycles. The normalized spacial score (nSPS) is 24.5. The van der Waals surface area contributed by atoms with Gasteiger partial charge in [0, 0.05) is 43.5 Å². The predicted octanol–water partition coefficient (Wildman–Crippen LogP) is 4.02. The molecule has 2 aromatic rings. The van der Waals surface area contributed by atoms with Crippen LogP contribution < -0.4 is 10.5 Å². The molecule has 0 radical (unpaired) electrons. The molecule has 1 saturated carbocycles. The van der Waals surface area contributed by atoms with Gasteiger partial charge in [0.05, 0.1) is 5.69 Å². The van der Waals surface area contributed by atoms with E-state index in [4.69, 9.17) is 4.98 Å². The lowest BCUT2D eigenvalue weighted by atomic mass is 9.84. The number of nitrogens with one attached hydrogen (secondary N) is 1. The van der Waals surface area contributed by atoms with Gasteiger partial charge in [0.1, 0.15) is 5.82 Å². The lowest BCUT2D eigenvalue weighted by Gasteiger charge is -2.39. The molecule has 0 amide bonds. The SMILES string of the molecule is Cc1ccc(C)c(N2CCN([C@H]3C=C(c4nc5c(c(=O)[nH]4)CC4(CC5)CC4)CC3)CC2)c1. The molecule has 0 bridgehead atoms. The smallest absolute Gasteiger partial charge is 0.254 e. The second-order valence-corrected chi connectivity index (χ2v) is 10.6. The molecule has 5 nitrogen and oxygen atoms in total. The van der Waals surface area contributed by atoms with Crippen LogP contribution in [0.1, 0.15) is 60.3 Å². The number of anilines is 1. The molecule has 0 unspecified atom stereocenters. The number of rotatable bonds is 3. The van der Waals surface area contributed by atoms with Crippen LogP contribution >= 0.6 is 0 Å². The van der Waals surface area contributed by atoms with E-state index in [-0.39, 0.29) is 5.56 Å². The molecule has 1 atom stereocenters. The van der Waals surface area contributed by atoms with Crippen LogP contribution in [0.5, 0.6) is 0 Å². The number of fused-ring (bicyclic) bond motifs is 1. The first kappa shape index (κ1) is 20.2. The Labute approximate surface area is 190 Å². The summed E-state index contributed by atoms with van der Waals surface area (Å²) in [7, 11) is 0. The van der Waals surface area contributed by atoms with Gasteiger partial charge in [0.2, 0.25) is 0 Å². The number of hydrogen-bond donors (Lipinski definition) is 1. The molecule has 2 fully saturated rings. The van der Waals surface area contributed by atoms with Crippen LogP contribution in [0.25, 0.3) is 5.57 Å². The van der Waals surface area contributed by atoms with Gasteiger partial charge < -0.3 is 9.88 Å². The largest absolute Gasteiger partial charge is 0.369 e. The van der Waals surface area contributed by atoms with Crippen LogP contribution in [-0.2, 0) is 12.8 Å². The van der Waals surface area contributed by atoms with E-state index in [0.29, 0.717) is 11.5 Å². The van der Waals surface area contributed by atoms with Crippen molar-refractivity contribution < 1.29 is 0 Å².